The van der Waals surface area contributed by atoms with E-state index in [9.17, 15) is 0 Å². The molecule has 0 fully saturated rings. The Kier molecular flexibility index (Phi) is 3.83. The van der Waals surface area contributed by atoms with Crippen LogP contribution in [0.25, 0.3) is 0 Å². The SMILES string of the molecule is COc1cc(C2CCc3noc(N)c3C2)cc(OC)c1OC. The molecule has 0 bridgehead atoms. The highest BCUT2D eigenvalue weighted by atomic mass is 16.5. The molecule has 1 heterocycles. The highest BCUT2D eigenvalue weighted by molar-refractivity contribution is 5.55. The van der Waals surface area contributed by atoms with E-state index in [-0.39, 0.29) is 0 Å². The Balaban J connectivity index is 1.97. The zero-order valence-electron chi connectivity index (χ0n) is 13.0. The molecule has 3 rings (SSSR count). The summed E-state index contributed by atoms with van der Waals surface area (Å²) in [7, 11) is 4.85. The molecule has 6 nitrogen and oxygen atoms in total. The molecule has 1 aliphatic rings. The van der Waals surface area contributed by atoms with Crippen LogP contribution in [0.1, 0.15) is 29.2 Å². The Hall–Kier alpha value is -2.37. The average Bonchev–Trinajstić information content (AvgIpc) is 2.94. The van der Waals surface area contributed by atoms with Gasteiger partial charge in [-0.1, -0.05) is 5.16 Å². The normalized spacial score (nSPS) is 17.0. The number of benzene rings is 1. The molecular formula is C16H20N2O4. The Morgan fingerprint density at radius 2 is 1.82 bits per heavy atom. The molecule has 0 amide bonds. The van der Waals surface area contributed by atoms with Crippen LogP contribution in [0.5, 0.6) is 17.2 Å². The fourth-order valence-corrected chi connectivity index (χ4v) is 3.05. The minimum absolute atomic E-state index is 0.322. The minimum atomic E-state index is 0.322. The summed E-state index contributed by atoms with van der Waals surface area (Å²) >= 11 is 0. The number of ether oxygens (including phenoxy) is 3. The van der Waals surface area contributed by atoms with Crippen LogP contribution < -0.4 is 19.9 Å². The average molecular weight is 304 g/mol. The number of aryl methyl sites for hydroxylation is 1. The van der Waals surface area contributed by atoms with Crippen LogP contribution in [-0.4, -0.2) is 26.5 Å². The van der Waals surface area contributed by atoms with Crippen molar-refractivity contribution in [3.05, 3.63) is 29.0 Å². The zero-order valence-corrected chi connectivity index (χ0v) is 13.0. The summed E-state index contributed by atoms with van der Waals surface area (Å²) in [5.74, 6) is 2.69. The van der Waals surface area contributed by atoms with Gasteiger partial charge in [-0.3, -0.25) is 0 Å². The summed E-state index contributed by atoms with van der Waals surface area (Å²) in [5.41, 5.74) is 8.99. The molecule has 0 spiro atoms. The lowest BCUT2D eigenvalue weighted by Gasteiger charge is -2.23. The summed E-state index contributed by atoms with van der Waals surface area (Å²) < 4.78 is 21.3. The first-order valence-corrected chi connectivity index (χ1v) is 7.20. The van der Waals surface area contributed by atoms with Crippen molar-refractivity contribution in [1.29, 1.82) is 0 Å². The van der Waals surface area contributed by atoms with Crippen molar-refractivity contribution in [2.45, 2.75) is 25.2 Å². The number of fused-ring (bicyclic) bond motifs is 1. The first kappa shape index (κ1) is 14.6. The summed E-state index contributed by atoms with van der Waals surface area (Å²) in [4.78, 5) is 0. The van der Waals surface area contributed by atoms with Gasteiger partial charge in [-0.2, -0.15) is 0 Å². The van der Waals surface area contributed by atoms with E-state index in [2.05, 4.69) is 5.16 Å². The smallest absolute Gasteiger partial charge is 0.225 e. The van der Waals surface area contributed by atoms with Gasteiger partial charge in [-0.25, -0.2) is 0 Å². The second-order valence-electron chi connectivity index (χ2n) is 5.37. The van der Waals surface area contributed by atoms with Crippen molar-refractivity contribution in [2.75, 3.05) is 27.1 Å². The first-order valence-electron chi connectivity index (χ1n) is 7.20. The summed E-state index contributed by atoms with van der Waals surface area (Å²) in [6.45, 7) is 0. The van der Waals surface area contributed by atoms with Gasteiger partial charge in [-0.05, 0) is 42.9 Å². The molecular weight excluding hydrogens is 284 g/mol. The van der Waals surface area contributed by atoms with Crippen LogP contribution in [-0.2, 0) is 12.8 Å². The number of nitrogens with zero attached hydrogens (tertiary/aromatic N) is 1. The fourth-order valence-electron chi connectivity index (χ4n) is 3.05. The lowest BCUT2D eigenvalue weighted by atomic mass is 9.82. The van der Waals surface area contributed by atoms with Crippen molar-refractivity contribution < 1.29 is 18.7 Å². The number of nitrogen functional groups attached to an aromatic ring is 1. The van der Waals surface area contributed by atoms with Gasteiger partial charge in [0.15, 0.2) is 11.5 Å². The van der Waals surface area contributed by atoms with E-state index in [0.29, 0.717) is 29.1 Å². The molecule has 0 saturated carbocycles. The highest BCUT2D eigenvalue weighted by Gasteiger charge is 2.27. The molecule has 118 valence electrons. The van der Waals surface area contributed by atoms with Gasteiger partial charge in [-0.15, -0.1) is 0 Å². The molecule has 1 atom stereocenters. The van der Waals surface area contributed by atoms with E-state index in [1.807, 2.05) is 12.1 Å². The summed E-state index contributed by atoms with van der Waals surface area (Å²) in [6, 6.07) is 4.00. The fraction of sp³-hybridized carbons (Fsp3) is 0.438. The number of nitrogens with two attached hydrogens (primary N) is 1. The Morgan fingerprint density at radius 3 is 2.41 bits per heavy atom. The number of methoxy groups -OCH3 is 3. The van der Waals surface area contributed by atoms with Gasteiger partial charge < -0.3 is 24.5 Å². The van der Waals surface area contributed by atoms with Crippen molar-refractivity contribution in [1.82, 2.24) is 5.16 Å². The van der Waals surface area contributed by atoms with E-state index in [1.54, 1.807) is 21.3 Å². The van der Waals surface area contributed by atoms with Gasteiger partial charge in [0, 0.05) is 5.56 Å². The Labute approximate surface area is 129 Å². The number of anilines is 1. The van der Waals surface area contributed by atoms with Gasteiger partial charge in [0.25, 0.3) is 0 Å². The van der Waals surface area contributed by atoms with Gasteiger partial charge in [0.2, 0.25) is 11.6 Å². The second kappa shape index (κ2) is 5.79. The molecule has 1 aromatic heterocycles. The quantitative estimate of drug-likeness (QED) is 0.935. The summed E-state index contributed by atoms with van der Waals surface area (Å²) in [5, 5.41) is 4.01. The largest absolute Gasteiger partial charge is 0.493 e. The molecule has 1 aliphatic carbocycles. The third-order valence-electron chi connectivity index (χ3n) is 4.24. The van der Waals surface area contributed by atoms with Crippen molar-refractivity contribution in [2.24, 2.45) is 0 Å². The molecule has 2 N–H and O–H groups in total. The molecule has 0 saturated heterocycles. The zero-order chi connectivity index (χ0) is 15.7. The molecule has 2 aromatic rings. The molecule has 1 aromatic carbocycles. The first-order chi connectivity index (χ1) is 10.7. The van der Waals surface area contributed by atoms with E-state index in [0.717, 1.165) is 36.1 Å². The number of hydrogen-bond acceptors (Lipinski definition) is 6. The maximum atomic E-state index is 5.86. The predicted octanol–water partition coefficient (Wildman–Crippen LogP) is 2.56. The highest BCUT2D eigenvalue weighted by Crippen LogP contribution is 2.43. The lowest BCUT2D eigenvalue weighted by molar-refractivity contribution is 0.323. The van der Waals surface area contributed by atoms with Gasteiger partial charge >= 0.3 is 0 Å². The van der Waals surface area contributed by atoms with Crippen molar-refractivity contribution in [3.8, 4) is 17.2 Å². The van der Waals surface area contributed by atoms with Gasteiger partial charge in [0.1, 0.15) is 0 Å². The van der Waals surface area contributed by atoms with Crippen LogP contribution in [0.3, 0.4) is 0 Å². The van der Waals surface area contributed by atoms with E-state index in [4.69, 9.17) is 24.5 Å². The maximum Gasteiger partial charge on any atom is 0.225 e. The second-order valence-corrected chi connectivity index (χ2v) is 5.37. The number of aromatic nitrogens is 1. The molecule has 0 aliphatic heterocycles. The Bertz CT molecular complexity index is 656. The predicted molar refractivity (Wildman–Crippen MR) is 81.8 cm³/mol. The molecule has 0 radical (unpaired) electrons. The van der Waals surface area contributed by atoms with Gasteiger partial charge in [0.05, 0.1) is 27.0 Å². The van der Waals surface area contributed by atoms with Crippen molar-refractivity contribution in [3.63, 3.8) is 0 Å². The monoisotopic (exact) mass is 304 g/mol. The minimum Gasteiger partial charge on any atom is -0.493 e. The van der Waals surface area contributed by atoms with E-state index in [1.165, 1.54) is 0 Å². The van der Waals surface area contributed by atoms with E-state index < -0.39 is 0 Å². The van der Waals surface area contributed by atoms with Crippen molar-refractivity contribution >= 4 is 5.88 Å². The van der Waals surface area contributed by atoms with Crippen LogP contribution >= 0.6 is 0 Å². The third kappa shape index (κ3) is 2.34. The topological polar surface area (TPSA) is 79.7 Å². The lowest BCUT2D eigenvalue weighted by Crippen LogP contribution is -2.13. The van der Waals surface area contributed by atoms with Crippen LogP contribution in [0, 0.1) is 0 Å². The standard InChI is InChI=1S/C16H20N2O4/c1-19-13-7-10(8-14(20-2)15(13)21-3)9-4-5-12-11(6-9)16(17)22-18-12/h7-9H,4-6,17H2,1-3H3. The van der Waals surface area contributed by atoms with Crippen LogP contribution in [0.4, 0.5) is 5.88 Å². The number of rotatable bonds is 4. The summed E-state index contributed by atoms with van der Waals surface area (Å²) in [6.07, 6.45) is 2.65. The Morgan fingerprint density at radius 1 is 1.14 bits per heavy atom. The molecule has 22 heavy (non-hydrogen) atoms. The maximum absolute atomic E-state index is 5.86. The molecule has 6 heteroatoms. The van der Waals surface area contributed by atoms with E-state index >= 15 is 0 Å². The van der Waals surface area contributed by atoms with Crippen LogP contribution in [0.15, 0.2) is 16.7 Å². The number of hydrogen-bond donors (Lipinski definition) is 1. The third-order valence-corrected chi connectivity index (χ3v) is 4.24. The molecule has 1 unspecified atom stereocenters. The van der Waals surface area contributed by atoms with Crippen LogP contribution in [0.2, 0.25) is 0 Å².